The summed E-state index contributed by atoms with van der Waals surface area (Å²) < 4.78 is 67.8. The number of hydrogen-bond acceptors (Lipinski definition) is 7. The van der Waals surface area contributed by atoms with Gasteiger partial charge in [0.05, 0.1) is 6.33 Å². The number of anilines is 1. The highest BCUT2D eigenvalue weighted by Crippen LogP contribution is 2.28. The molecule has 0 saturated heterocycles. The van der Waals surface area contributed by atoms with Gasteiger partial charge in [0.25, 0.3) is 6.01 Å². The number of alkyl carbamates (subject to hydrolysis) is 1. The molecule has 0 aliphatic heterocycles. The maximum Gasteiger partial charge on any atom is 0.433 e. The Balaban J connectivity index is 1.56. The Labute approximate surface area is 198 Å². The van der Waals surface area contributed by atoms with Crippen molar-refractivity contribution in [1.29, 1.82) is 0 Å². The number of oxazole rings is 1. The zero-order valence-electron chi connectivity index (χ0n) is 19.2. The summed E-state index contributed by atoms with van der Waals surface area (Å²) in [6.45, 7) is 4.94. The van der Waals surface area contributed by atoms with Crippen LogP contribution in [0.1, 0.15) is 32.0 Å². The highest BCUT2D eigenvalue weighted by Gasteiger charge is 2.32. The van der Waals surface area contributed by atoms with Gasteiger partial charge in [0.15, 0.2) is 5.58 Å². The SMILES string of the molecule is CC(C)(C)OC(=O)NC/C(=C/F)COc1ccc2nc(NCc3ccnc(C(F)(F)F)c3)oc2c1. The van der Waals surface area contributed by atoms with E-state index < -0.39 is 23.6 Å². The molecule has 12 heteroatoms. The smallest absolute Gasteiger partial charge is 0.433 e. The van der Waals surface area contributed by atoms with E-state index in [2.05, 4.69) is 20.6 Å². The molecule has 0 spiro atoms. The number of amides is 1. The summed E-state index contributed by atoms with van der Waals surface area (Å²) >= 11 is 0. The molecule has 2 N–H and O–H groups in total. The zero-order chi connectivity index (χ0) is 25.6. The van der Waals surface area contributed by atoms with Gasteiger partial charge in [0.2, 0.25) is 0 Å². The zero-order valence-corrected chi connectivity index (χ0v) is 19.2. The summed E-state index contributed by atoms with van der Waals surface area (Å²) in [6, 6.07) is 7.25. The van der Waals surface area contributed by atoms with E-state index in [1.54, 1.807) is 39.0 Å². The van der Waals surface area contributed by atoms with E-state index in [1.807, 2.05) is 0 Å². The van der Waals surface area contributed by atoms with Gasteiger partial charge in [-0.05, 0) is 50.6 Å². The molecule has 188 valence electrons. The first kappa shape index (κ1) is 25.8. The number of alkyl halides is 3. The minimum Gasteiger partial charge on any atom is -0.489 e. The standard InChI is InChI=1S/C23H24F4N4O4/c1-22(2,3)35-21(32)30-12-15(10-24)13-33-16-4-5-17-18(9-16)34-20(31-17)29-11-14-6-7-28-19(8-14)23(25,26)27/h4-10H,11-13H2,1-3H3,(H,29,31)(H,30,32)/b15-10-. The summed E-state index contributed by atoms with van der Waals surface area (Å²) in [7, 11) is 0. The Morgan fingerprint density at radius 1 is 1.17 bits per heavy atom. The van der Waals surface area contributed by atoms with Crippen molar-refractivity contribution in [3.8, 4) is 5.75 Å². The van der Waals surface area contributed by atoms with Gasteiger partial charge in [-0.3, -0.25) is 4.98 Å². The number of nitrogens with one attached hydrogen (secondary N) is 2. The Hall–Kier alpha value is -3.83. The number of fused-ring (bicyclic) bond motifs is 1. The number of carbonyl (C=O) groups is 1. The average Bonchev–Trinajstić information content (AvgIpc) is 3.18. The third-order valence-corrected chi connectivity index (χ3v) is 4.36. The quantitative estimate of drug-likeness (QED) is 0.391. The van der Waals surface area contributed by atoms with Crippen LogP contribution in [-0.2, 0) is 17.5 Å². The summed E-state index contributed by atoms with van der Waals surface area (Å²) in [5, 5.41) is 5.27. The second kappa shape index (κ2) is 10.6. The lowest BCUT2D eigenvalue weighted by atomic mass is 10.2. The molecular formula is C23H24F4N4O4. The predicted molar refractivity (Wildman–Crippen MR) is 119 cm³/mol. The van der Waals surface area contributed by atoms with Crippen LogP contribution in [0.5, 0.6) is 5.75 Å². The van der Waals surface area contributed by atoms with Crippen molar-refractivity contribution < 1.29 is 36.2 Å². The summed E-state index contributed by atoms with van der Waals surface area (Å²) in [5.74, 6) is 0.362. The first-order valence-electron chi connectivity index (χ1n) is 10.5. The molecule has 2 heterocycles. The monoisotopic (exact) mass is 496 g/mol. The van der Waals surface area contributed by atoms with Gasteiger partial charge < -0.3 is 24.5 Å². The van der Waals surface area contributed by atoms with Crippen molar-refractivity contribution in [1.82, 2.24) is 15.3 Å². The molecule has 1 amide bonds. The van der Waals surface area contributed by atoms with Crippen LogP contribution in [0.4, 0.5) is 28.4 Å². The number of rotatable bonds is 8. The van der Waals surface area contributed by atoms with E-state index in [9.17, 15) is 22.4 Å². The number of carbonyl (C=O) groups excluding carboxylic acids is 1. The third-order valence-electron chi connectivity index (χ3n) is 4.36. The second-order valence-electron chi connectivity index (χ2n) is 8.46. The molecule has 0 radical (unpaired) electrons. The summed E-state index contributed by atoms with van der Waals surface area (Å²) in [5.41, 5.74) is -0.300. The lowest BCUT2D eigenvalue weighted by Crippen LogP contribution is -2.34. The number of ether oxygens (including phenoxy) is 2. The maximum atomic E-state index is 13.2. The Bertz CT molecular complexity index is 1200. The molecular weight excluding hydrogens is 472 g/mol. The predicted octanol–water partition coefficient (Wildman–Crippen LogP) is 5.61. The lowest BCUT2D eigenvalue weighted by molar-refractivity contribution is -0.141. The van der Waals surface area contributed by atoms with E-state index in [0.29, 0.717) is 28.7 Å². The van der Waals surface area contributed by atoms with Gasteiger partial charge in [0.1, 0.15) is 29.2 Å². The topological polar surface area (TPSA) is 98.5 Å². The number of pyridine rings is 1. The molecule has 35 heavy (non-hydrogen) atoms. The first-order valence-corrected chi connectivity index (χ1v) is 10.5. The minimum absolute atomic E-state index is 0.0388. The molecule has 0 bridgehead atoms. The van der Waals surface area contributed by atoms with Crippen molar-refractivity contribution in [3.05, 3.63) is 59.7 Å². The van der Waals surface area contributed by atoms with Crippen LogP contribution in [0.15, 0.2) is 52.8 Å². The van der Waals surface area contributed by atoms with Gasteiger partial charge in [0, 0.05) is 30.9 Å². The third kappa shape index (κ3) is 7.87. The van der Waals surface area contributed by atoms with Crippen LogP contribution < -0.4 is 15.4 Å². The molecule has 0 aliphatic rings. The van der Waals surface area contributed by atoms with E-state index in [4.69, 9.17) is 13.9 Å². The fourth-order valence-corrected chi connectivity index (χ4v) is 2.78. The van der Waals surface area contributed by atoms with Crippen LogP contribution in [-0.4, -0.2) is 34.8 Å². The van der Waals surface area contributed by atoms with Gasteiger partial charge in [-0.25, -0.2) is 9.18 Å². The Morgan fingerprint density at radius 3 is 2.63 bits per heavy atom. The molecule has 3 rings (SSSR count). The van der Waals surface area contributed by atoms with Gasteiger partial charge in [-0.2, -0.15) is 18.2 Å². The molecule has 0 unspecified atom stereocenters. The van der Waals surface area contributed by atoms with E-state index in [1.165, 1.54) is 6.07 Å². The van der Waals surface area contributed by atoms with Crippen LogP contribution >= 0.6 is 0 Å². The van der Waals surface area contributed by atoms with Crippen LogP contribution in [0.3, 0.4) is 0 Å². The van der Waals surface area contributed by atoms with Crippen molar-refractivity contribution in [3.63, 3.8) is 0 Å². The highest BCUT2D eigenvalue weighted by molar-refractivity contribution is 5.76. The number of nitrogens with zero attached hydrogens (tertiary/aromatic N) is 2. The second-order valence-corrected chi connectivity index (χ2v) is 8.46. The number of hydrogen-bond donors (Lipinski definition) is 2. The average molecular weight is 496 g/mol. The van der Waals surface area contributed by atoms with Crippen LogP contribution in [0.25, 0.3) is 11.1 Å². The highest BCUT2D eigenvalue weighted by atomic mass is 19.4. The number of halogens is 4. The van der Waals surface area contributed by atoms with Gasteiger partial charge in [-0.15, -0.1) is 0 Å². The molecule has 1 aromatic carbocycles. The molecule has 3 aromatic rings. The summed E-state index contributed by atoms with van der Waals surface area (Å²) in [4.78, 5) is 19.2. The normalized spacial score (nSPS) is 12.5. The Kier molecular flexibility index (Phi) is 7.82. The molecule has 0 aliphatic carbocycles. The Morgan fingerprint density at radius 2 is 1.94 bits per heavy atom. The van der Waals surface area contributed by atoms with Crippen molar-refractivity contribution in [2.45, 2.75) is 39.1 Å². The van der Waals surface area contributed by atoms with Gasteiger partial charge >= 0.3 is 12.3 Å². The molecule has 0 saturated carbocycles. The van der Waals surface area contributed by atoms with Crippen molar-refractivity contribution >= 4 is 23.2 Å². The van der Waals surface area contributed by atoms with Crippen LogP contribution in [0.2, 0.25) is 0 Å². The number of benzene rings is 1. The molecule has 2 aromatic heterocycles. The lowest BCUT2D eigenvalue weighted by Gasteiger charge is -2.20. The van der Waals surface area contributed by atoms with Gasteiger partial charge in [-0.1, -0.05) is 0 Å². The molecule has 8 nitrogen and oxygen atoms in total. The first-order chi connectivity index (χ1) is 16.4. The molecule has 0 atom stereocenters. The number of aromatic nitrogens is 2. The minimum atomic E-state index is -4.53. The molecule has 0 fully saturated rings. The maximum absolute atomic E-state index is 13.2. The summed E-state index contributed by atoms with van der Waals surface area (Å²) in [6.07, 6.45) is -3.79. The fraction of sp³-hybridized carbons (Fsp3) is 0.348. The van der Waals surface area contributed by atoms with E-state index in [0.717, 1.165) is 12.3 Å². The largest absolute Gasteiger partial charge is 0.489 e. The van der Waals surface area contributed by atoms with E-state index in [-0.39, 0.29) is 31.3 Å². The fourth-order valence-electron chi connectivity index (χ4n) is 2.78. The van der Waals surface area contributed by atoms with Crippen molar-refractivity contribution in [2.75, 3.05) is 18.5 Å². The van der Waals surface area contributed by atoms with Crippen molar-refractivity contribution in [2.24, 2.45) is 0 Å². The van der Waals surface area contributed by atoms with Crippen LogP contribution in [0, 0.1) is 0 Å². The van der Waals surface area contributed by atoms with E-state index >= 15 is 0 Å².